The Morgan fingerprint density at radius 3 is 2.91 bits per heavy atom. The van der Waals surface area contributed by atoms with Crippen molar-refractivity contribution in [3.63, 3.8) is 0 Å². The second kappa shape index (κ2) is 5.96. The number of nitrogens with two attached hydrogens (primary N) is 1. The zero-order valence-electron chi connectivity index (χ0n) is 12.5. The van der Waals surface area contributed by atoms with Crippen LogP contribution in [0.3, 0.4) is 0 Å². The second-order valence-electron chi connectivity index (χ2n) is 5.55. The van der Waals surface area contributed by atoms with Gasteiger partial charge < -0.3 is 10.6 Å². The summed E-state index contributed by atoms with van der Waals surface area (Å²) in [4.78, 5) is 15.4. The van der Waals surface area contributed by atoms with Gasteiger partial charge in [-0.1, -0.05) is 0 Å². The van der Waals surface area contributed by atoms with Crippen molar-refractivity contribution < 1.29 is 0 Å². The van der Waals surface area contributed by atoms with Gasteiger partial charge in [0.2, 0.25) is 5.95 Å². The molecule has 0 saturated carbocycles. The number of aromatic nitrogens is 5. The second-order valence-corrected chi connectivity index (χ2v) is 6.47. The van der Waals surface area contributed by atoms with Crippen LogP contribution in [0.4, 0.5) is 11.8 Å². The molecule has 4 rings (SSSR count). The lowest BCUT2D eigenvalue weighted by Gasteiger charge is -2.32. The van der Waals surface area contributed by atoms with Crippen LogP contribution < -0.4 is 10.6 Å². The maximum atomic E-state index is 5.90. The number of rotatable bonds is 3. The summed E-state index contributed by atoms with van der Waals surface area (Å²) in [5, 5.41) is 7.45. The molecule has 1 aliphatic rings. The van der Waals surface area contributed by atoms with Gasteiger partial charge in [-0.05, 0) is 18.9 Å². The Kier molecular flexibility index (Phi) is 3.66. The molecular weight excluding hydrogens is 310 g/mol. The van der Waals surface area contributed by atoms with E-state index in [0.717, 1.165) is 31.7 Å². The zero-order valence-corrected chi connectivity index (χ0v) is 13.4. The average Bonchev–Trinajstić information content (AvgIpc) is 3.28. The molecule has 0 unspecified atom stereocenters. The fourth-order valence-electron chi connectivity index (χ4n) is 2.95. The summed E-state index contributed by atoms with van der Waals surface area (Å²) in [5.41, 5.74) is 5.90. The largest absolute Gasteiger partial charge is 0.368 e. The van der Waals surface area contributed by atoms with E-state index < -0.39 is 0 Å². The molecule has 8 heteroatoms. The molecule has 0 aliphatic carbocycles. The van der Waals surface area contributed by atoms with Gasteiger partial charge in [-0.15, -0.1) is 11.3 Å². The lowest BCUT2D eigenvalue weighted by Crippen LogP contribution is -2.35. The molecule has 1 saturated heterocycles. The van der Waals surface area contributed by atoms with Gasteiger partial charge in [-0.2, -0.15) is 15.1 Å². The first-order chi connectivity index (χ1) is 11.3. The van der Waals surface area contributed by atoms with Gasteiger partial charge in [-0.3, -0.25) is 0 Å². The van der Waals surface area contributed by atoms with Crippen molar-refractivity contribution in [2.75, 3.05) is 23.7 Å². The summed E-state index contributed by atoms with van der Waals surface area (Å²) in [6.45, 7) is 1.87. The summed E-state index contributed by atoms with van der Waals surface area (Å²) in [6.07, 6.45) is 7.72. The van der Waals surface area contributed by atoms with Crippen LogP contribution in [0.1, 0.15) is 23.8 Å². The van der Waals surface area contributed by atoms with E-state index in [0.29, 0.717) is 11.7 Å². The Labute approximate surface area is 137 Å². The third-order valence-electron chi connectivity index (χ3n) is 4.00. The van der Waals surface area contributed by atoms with Crippen LogP contribution in [-0.4, -0.2) is 37.8 Å². The number of hydrogen-bond acceptors (Lipinski definition) is 7. The Hall–Kier alpha value is -2.48. The highest BCUT2D eigenvalue weighted by atomic mass is 32.1. The molecule has 0 aromatic carbocycles. The summed E-state index contributed by atoms with van der Waals surface area (Å²) >= 11 is 1.72. The normalized spacial score (nSPS) is 18.3. The Morgan fingerprint density at radius 2 is 2.13 bits per heavy atom. The molecule has 3 aromatic rings. The van der Waals surface area contributed by atoms with E-state index in [4.69, 9.17) is 5.73 Å². The SMILES string of the molecule is Nc1nc(N2CCC[C@@H](c3nccs3)C2)cc(-n2cccn2)n1. The van der Waals surface area contributed by atoms with E-state index >= 15 is 0 Å². The highest BCUT2D eigenvalue weighted by molar-refractivity contribution is 7.09. The third-order valence-corrected chi connectivity index (χ3v) is 4.94. The molecule has 0 amide bonds. The van der Waals surface area contributed by atoms with Crippen molar-refractivity contribution >= 4 is 23.1 Å². The maximum Gasteiger partial charge on any atom is 0.224 e. The van der Waals surface area contributed by atoms with Gasteiger partial charge in [0.05, 0.1) is 5.01 Å². The van der Waals surface area contributed by atoms with Gasteiger partial charge >= 0.3 is 0 Å². The number of thiazole rings is 1. The van der Waals surface area contributed by atoms with Crippen LogP contribution in [0, 0.1) is 0 Å². The van der Waals surface area contributed by atoms with Gasteiger partial charge in [0.1, 0.15) is 5.82 Å². The predicted molar refractivity (Wildman–Crippen MR) is 89.9 cm³/mol. The van der Waals surface area contributed by atoms with Gasteiger partial charge in [0.15, 0.2) is 5.82 Å². The third kappa shape index (κ3) is 2.89. The van der Waals surface area contributed by atoms with E-state index in [1.807, 2.05) is 29.9 Å². The van der Waals surface area contributed by atoms with E-state index in [2.05, 4.69) is 25.0 Å². The molecule has 7 nitrogen and oxygen atoms in total. The molecule has 1 fully saturated rings. The lowest BCUT2D eigenvalue weighted by molar-refractivity contribution is 0.505. The lowest BCUT2D eigenvalue weighted by atomic mass is 9.99. The molecule has 2 N–H and O–H groups in total. The number of piperidine rings is 1. The molecule has 3 aromatic heterocycles. The number of hydrogen-bond donors (Lipinski definition) is 1. The molecule has 23 heavy (non-hydrogen) atoms. The first-order valence-corrected chi connectivity index (χ1v) is 8.46. The number of nitrogens with zero attached hydrogens (tertiary/aromatic N) is 6. The summed E-state index contributed by atoms with van der Waals surface area (Å²) in [6, 6.07) is 3.80. The molecule has 0 radical (unpaired) electrons. The maximum absolute atomic E-state index is 5.90. The van der Waals surface area contributed by atoms with Crippen LogP contribution in [-0.2, 0) is 0 Å². The minimum absolute atomic E-state index is 0.268. The van der Waals surface area contributed by atoms with E-state index in [-0.39, 0.29) is 5.95 Å². The Bertz CT molecular complexity index is 769. The van der Waals surface area contributed by atoms with Crippen LogP contribution in [0.2, 0.25) is 0 Å². The smallest absolute Gasteiger partial charge is 0.224 e. The van der Waals surface area contributed by atoms with Crippen molar-refractivity contribution in [3.05, 3.63) is 41.1 Å². The molecule has 1 atom stereocenters. The fourth-order valence-corrected chi connectivity index (χ4v) is 3.71. The van der Waals surface area contributed by atoms with Crippen LogP contribution in [0.25, 0.3) is 5.82 Å². The molecule has 4 heterocycles. The van der Waals surface area contributed by atoms with Gasteiger partial charge in [0, 0.05) is 49.0 Å². The zero-order chi connectivity index (χ0) is 15.6. The fraction of sp³-hybridized carbons (Fsp3) is 0.333. The van der Waals surface area contributed by atoms with Crippen molar-refractivity contribution in [1.29, 1.82) is 0 Å². The van der Waals surface area contributed by atoms with E-state index in [1.54, 1.807) is 22.2 Å². The predicted octanol–water partition coefficient (Wildman–Crippen LogP) is 2.08. The van der Waals surface area contributed by atoms with E-state index in [9.17, 15) is 0 Å². The van der Waals surface area contributed by atoms with Crippen molar-refractivity contribution in [1.82, 2.24) is 24.7 Å². The highest BCUT2D eigenvalue weighted by Crippen LogP contribution is 2.30. The molecule has 0 bridgehead atoms. The first kappa shape index (κ1) is 14.1. The molecule has 0 spiro atoms. The highest BCUT2D eigenvalue weighted by Gasteiger charge is 2.24. The van der Waals surface area contributed by atoms with Gasteiger partial charge in [0.25, 0.3) is 0 Å². The van der Waals surface area contributed by atoms with Gasteiger partial charge in [-0.25, -0.2) is 9.67 Å². The Balaban J connectivity index is 1.62. The van der Waals surface area contributed by atoms with Crippen LogP contribution in [0.15, 0.2) is 36.1 Å². The van der Waals surface area contributed by atoms with Crippen LogP contribution in [0.5, 0.6) is 0 Å². The topological polar surface area (TPSA) is 85.8 Å². The summed E-state index contributed by atoms with van der Waals surface area (Å²) < 4.78 is 1.70. The minimum atomic E-state index is 0.268. The van der Waals surface area contributed by atoms with Crippen molar-refractivity contribution in [3.8, 4) is 5.82 Å². The quantitative estimate of drug-likeness (QED) is 0.793. The Morgan fingerprint density at radius 1 is 1.22 bits per heavy atom. The summed E-state index contributed by atoms with van der Waals surface area (Å²) in [7, 11) is 0. The average molecular weight is 327 g/mol. The standard InChI is InChI=1S/C15H17N7S/c16-15-19-12(9-13(20-15)22-7-2-4-18-22)21-6-1-3-11(10-21)14-17-5-8-23-14/h2,4-5,7-9,11H,1,3,6,10H2,(H2,16,19,20)/t11-/m1/s1. The van der Waals surface area contributed by atoms with Crippen molar-refractivity contribution in [2.24, 2.45) is 0 Å². The first-order valence-electron chi connectivity index (χ1n) is 7.58. The van der Waals surface area contributed by atoms with Crippen LogP contribution >= 0.6 is 11.3 Å². The minimum Gasteiger partial charge on any atom is -0.368 e. The number of anilines is 2. The molecule has 1 aliphatic heterocycles. The summed E-state index contributed by atoms with van der Waals surface area (Å²) in [5.74, 6) is 2.26. The monoisotopic (exact) mass is 327 g/mol. The molecule has 118 valence electrons. The van der Waals surface area contributed by atoms with E-state index in [1.165, 1.54) is 5.01 Å². The number of nitrogen functional groups attached to an aromatic ring is 1. The van der Waals surface area contributed by atoms with Crippen molar-refractivity contribution in [2.45, 2.75) is 18.8 Å². The molecular formula is C15H17N7S.